The molecule has 106 valence electrons. The van der Waals surface area contributed by atoms with Crippen LogP contribution in [0.5, 0.6) is 5.75 Å². The molecule has 0 saturated carbocycles. The number of amides is 1. The lowest BCUT2D eigenvalue weighted by atomic mass is 10.2. The van der Waals surface area contributed by atoms with Crippen LogP contribution in [0.3, 0.4) is 0 Å². The molecule has 0 aromatic heterocycles. The molecule has 0 aliphatic rings. The monoisotopic (exact) mass is 328 g/mol. The van der Waals surface area contributed by atoms with Crippen molar-refractivity contribution in [3.8, 4) is 5.75 Å². The Balaban J connectivity index is 2.55. The molecule has 19 heavy (non-hydrogen) atoms. The first-order valence-electron chi connectivity index (χ1n) is 6.28. The summed E-state index contributed by atoms with van der Waals surface area (Å²) in [6.07, 6.45) is 0. The van der Waals surface area contributed by atoms with Crippen LogP contribution in [0.4, 0.5) is 0 Å². The van der Waals surface area contributed by atoms with Crippen molar-refractivity contribution in [2.24, 2.45) is 0 Å². The van der Waals surface area contributed by atoms with E-state index in [9.17, 15) is 4.79 Å². The highest BCUT2D eigenvalue weighted by Gasteiger charge is 2.09. The van der Waals surface area contributed by atoms with Gasteiger partial charge in [-0.2, -0.15) is 0 Å². The molecule has 0 spiro atoms. The molecule has 0 heterocycles. The molecule has 0 saturated heterocycles. The summed E-state index contributed by atoms with van der Waals surface area (Å²) < 4.78 is 5.74. The quantitative estimate of drug-likeness (QED) is 0.779. The van der Waals surface area contributed by atoms with Crippen LogP contribution in [0.25, 0.3) is 0 Å². The highest BCUT2D eigenvalue weighted by molar-refractivity contribution is 9.10. The van der Waals surface area contributed by atoms with Gasteiger partial charge in [0, 0.05) is 18.7 Å². The number of hydrogen-bond donors (Lipinski definition) is 1. The van der Waals surface area contributed by atoms with Gasteiger partial charge in [0.25, 0.3) is 0 Å². The van der Waals surface area contributed by atoms with Crippen molar-refractivity contribution in [3.63, 3.8) is 0 Å². The van der Waals surface area contributed by atoms with Crippen LogP contribution in [0, 0.1) is 0 Å². The van der Waals surface area contributed by atoms with Gasteiger partial charge in [-0.15, -0.1) is 0 Å². The first-order valence-corrected chi connectivity index (χ1v) is 7.19. The fourth-order valence-electron chi connectivity index (χ4n) is 1.45. The topological polar surface area (TPSA) is 41.6 Å². The van der Waals surface area contributed by atoms with Gasteiger partial charge in [0.2, 0.25) is 5.91 Å². The molecule has 4 nitrogen and oxygen atoms in total. The summed E-state index contributed by atoms with van der Waals surface area (Å²) in [4.78, 5) is 13.4. The van der Waals surface area contributed by atoms with E-state index in [0.717, 1.165) is 17.9 Å². The minimum atomic E-state index is -0.186. The van der Waals surface area contributed by atoms with Crippen LogP contribution in [0.2, 0.25) is 0 Å². The Bertz CT molecular complexity index is 408. The fraction of sp³-hybridized carbons (Fsp3) is 0.500. The van der Waals surface area contributed by atoms with Crippen LogP contribution < -0.4 is 10.1 Å². The number of alkyl halides is 1. The van der Waals surface area contributed by atoms with E-state index in [-0.39, 0.29) is 10.7 Å². The Morgan fingerprint density at radius 2 is 2.11 bits per heavy atom. The predicted molar refractivity (Wildman–Crippen MR) is 80.7 cm³/mol. The maximum atomic E-state index is 11.5. The second-order valence-electron chi connectivity index (χ2n) is 4.59. The first-order chi connectivity index (χ1) is 9.00. The zero-order valence-electron chi connectivity index (χ0n) is 11.6. The minimum Gasteiger partial charge on any atom is -0.492 e. The number of carbonyl (C=O) groups is 1. The van der Waals surface area contributed by atoms with Crippen molar-refractivity contribution in [2.45, 2.75) is 18.3 Å². The molecule has 5 heteroatoms. The Hall–Kier alpha value is -1.07. The number of para-hydroxylation sites is 1. The third kappa shape index (κ3) is 6.07. The van der Waals surface area contributed by atoms with Crippen LogP contribution >= 0.6 is 15.9 Å². The number of hydrogen-bond acceptors (Lipinski definition) is 3. The van der Waals surface area contributed by atoms with Gasteiger partial charge in [0.05, 0.1) is 4.83 Å². The lowest BCUT2D eigenvalue weighted by Gasteiger charge is -2.14. The molecule has 1 atom stereocenters. The Labute approximate surface area is 123 Å². The average molecular weight is 329 g/mol. The number of likely N-dealkylation sites (N-methyl/N-ethyl adjacent to an activating group) is 1. The van der Waals surface area contributed by atoms with Gasteiger partial charge in [-0.25, -0.2) is 0 Å². The molecule has 1 amide bonds. The van der Waals surface area contributed by atoms with Crippen molar-refractivity contribution in [2.75, 3.05) is 27.2 Å². The number of ether oxygens (including phenoxy) is 1. The van der Waals surface area contributed by atoms with E-state index in [0.29, 0.717) is 13.2 Å². The first kappa shape index (κ1) is 16.0. The molecule has 1 rings (SSSR count). The lowest BCUT2D eigenvalue weighted by Crippen LogP contribution is -2.29. The number of nitrogens with one attached hydrogen (secondary N) is 1. The minimum absolute atomic E-state index is 0.0249. The van der Waals surface area contributed by atoms with Gasteiger partial charge < -0.3 is 15.0 Å². The SMILES string of the molecule is CC(Br)C(=O)NCc1ccccc1OCCN(C)C. The fourth-order valence-corrected chi connectivity index (χ4v) is 1.61. The van der Waals surface area contributed by atoms with Crippen LogP contribution in [0.1, 0.15) is 12.5 Å². The van der Waals surface area contributed by atoms with Gasteiger partial charge in [0.1, 0.15) is 12.4 Å². The molecule has 1 aromatic rings. The van der Waals surface area contributed by atoms with E-state index in [1.165, 1.54) is 0 Å². The molecule has 1 aromatic carbocycles. The second kappa shape index (κ2) is 8.17. The molecule has 0 fully saturated rings. The number of benzene rings is 1. The Kier molecular flexibility index (Phi) is 6.87. The Morgan fingerprint density at radius 1 is 1.42 bits per heavy atom. The van der Waals surface area contributed by atoms with Crippen molar-refractivity contribution in [1.29, 1.82) is 0 Å². The van der Waals surface area contributed by atoms with Crippen molar-refractivity contribution >= 4 is 21.8 Å². The van der Waals surface area contributed by atoms with Gasteiger partial charge in [-0.1, -0.05) is 34.1 Å². The summed E-state index contributed by atoms with van der Waals surface area (Å²) in [5.74, 6) is 0.801. The van der Waals surface area contributed by atoms with E-state index >= 15 is 0 Å². The third-order valence-corrected chi connectivity index (χ3v) is 3.00. The van der Waals surface area contributed by atoms with Crippen molar-refractivity contribution in [1.82, 2.24) is 10.2 Å². The molecule has 1 unspecified atom stereocenters. The predicted octanol–water partition coefficient (Wildman–Crippen LogP) is 2.03. The Morgan fingerprint density at radius 3 is 2.74 bits per heavy atom. The van der Waals surface area contributed by atoms with E-state index in [2.05, 4.69) is 26.1 Å². The van der Waals surface area contributed by atoms with Crippen molar-refractivity contribution < 1.29 is 9.53 Å². The van der Waals surface area contributed by atoms with E-state index in [1.807, 2.05) is 38.4 Å². The van der Waals surface area contributed by atoms with Crippen LogP contribution in [0.15, 0.2) is 24.3 Å². The maximum absolute atomic E-state index is 11.5. The van der Waals surface area contributed by atoms with E-state index < -0.39 is 0 Å². The summed E-state index contributed by atoms with van der Waals surface area (Å²) in [5, 5.41) is 2.86. The smallest absolute Gasteiger partial charge is 0.233 e. The zero-order valence-corrected chi connectivity index (χ0v) is 13.2. The molecule has 0 aliphatic heterocycles. The number of nitrogens with zero attached hydrogens (tertiary/aromatic N) is 1. The largest absolute Gasteiger partial charge is 0.492 e. The number of carbonyl (C=O) groups excluding carboxylic acids is 1. The van der Waals surface area contributed by atoms with Gasteiger partial charge in [-0.3, -0.25) is 4.79 Å². The summed E-state index contributed by atoms with van der Waals surface area (Å²) in [6, 6.07) is 7.76. The lowest BCUT2D eigenvalue weighted by molar-refractivity contribution is -0.120. The molecule has 0 aliphatic carbocycles. The van der Waals surface area contributed by atoms with E-state index in [1.54, 1.807) is 6.92 Å². The molecule has 0 bridgehead atoms. The second-order valence-corrected chi connectivity index (χ2v) is 5.97. The summed E-state index contributed by atoms with van der Waals surface area (Å²) in [5.41, 5.74) is 0.989. The van der Waals surface area contributed by atoms with Gasteiger partial charge in [-0.05, 0) is 27.1 Å². The highest BCUT2D eigenvalue weighted by Crippen LogP contribution is 2.17. The third-order valence-electron chi connectivity index (χ3n) is 2.58. The van der Waals surface area contributed by atoms with E-state index in [4.69, 9.17) is 4.74 Å². The zero-order chi connectivity index (χ0) is 14.3. The maximum Gasteiger partial charge on any atom is 0.233 e. The molecular formula is C14H21BrN2O2. The summed E-state index contributed by atoms with van der Waals surface area (Å²) in [7, 11) is 4.01. The van der Waals surface area contributed by atoms with Crippen LogP contribution in [-0.2, 0) is 11.3 Å². The average Bonchev–Trinajstić information content (AvgIpc) is 2.36. The normalized spacial score (nSPS) is 12.3. The number of halogens is 1. The molecular weight excluding hydrogens is 308 g/mol. The highest BCUT2D eigenvalue weighted by atomic mass is 79.9. The summed E-state index contributed by atoms with van der Waals surface area (Å²) >= 11 is 3.24. The van der Waals surface area contributed by atoms with Crippen LogP contribution in [-0.4, -0.2) is 42.9 Å². The molecule has 0 radical (unpaired) electrons. The molecule has 1 N–H and O–H groups in total. The van der Waals surface area contributed by atoms with Gasteiger partial charge >= 0.3 is 0 Å². The van der Waals surface area contributed by atoms with Gasteiger partial charge in [0.15, 0.2) is 0 Å². The van der Waals surface area contributed by atoms with Crippen molar-refractivity contribution in [3.05, 3.63) is 29.8 Å². The summed E-state index contributed by atoms with van der Waals surface area (Å²) in [6.45, 7) is 3.77. The number of rotatable bonds is 7. The standard InChI is InChI=1S/C14H21BrN2O2/c1-11(15)14(18)16-10-12-6-4-5-7-13(12)19-9-8-17(2)3/h4-7,11H,8-10H2,1-3H3,(H,16,18).